The molecular weight excluding hydrogens is 226 g/mol. The molecule has 1 aromatic carbocycles. The van der Waals surface area contributed by atoms with Gasteiger partial charge in [0.1, 0.15) is 0 Å². The third kappa shape index (κ3) is 4.77. The standard InChI is InChI=1S/C15H25NO2/c1-12-6-8-14(9-7-12)15(16-3)13(2)18-11-5-10-17-4/h6-9,13,15-16H,5,10-11H2,1-4H3. The van der Waals surface area contributed by atoms with E-state index >= 15 is 0 Å². The third-order valence-electron chi connectivity index (χ3n) is 3.09. The summed E-state index contributed by atoms with van der Waals surface area (Å²) in [5, 5.41) is 3.32. The van der Waals surface area contributed by atoms with Crippen molar-refractivity contribution >= 4 is 0 Å². The predicted octanol–water partition coefficient (Wildman–Crippen LogP) is 2.70. The fraction of sp³-hybridized carbons (Fsp3) is 0.600. The minimum absolute atomic E-state index is 0.148. The summed E-state index contributed by atoms with van der Waals surface area (Å²) in [6.45, 7) is 5.69. The van der Waals surface area contributed by atoms with Gasteiger partial charge >= 0.3 is 0 Å². The number of likely N-dealkylation sites (N-methyl/N-ethyl adjacent to an activating group) is 1. The van der Waals surface area contributed by atoms with Crippen LogP contribution in [0.25, 0.3) is 0 Å². The maximum absolute atomic E-state index is 5.84. The van der Waals surface area contributed by atoms with E-state index in [2.05, 4.69) is 43.4 Å². The van der Waals surface area contributed by atoms with Gasteiger partial charge in [0.05, 0.1) is 12.1 Å². The number of rotatable bonds is 8. The Kier molecular flexibility index (Phi) is 6.94. The molecule has 1 rings (SSSR count). The Bertz CT molecular complexity index is 324. The highest BCUT2D eigenvalue weighted by Gasteiger charge is 2.17. The van der Waals surface area contributed by atoms with Crippen molar-refractivity contribution in [1.82, 2.24) is 5.32 Å². The molecule has 0 aliphatic heterocycles. The van der Waals surface area contributed by atoms with Gasteiger partial charge in [0.15, 0.2) is 0 Å². The largest absolute Gasteiger partial charge is 0.385 e. The lowest BCUT2D eigenvalue weighted by molar-refractivity contribution is 0.0287. The second-order valence-electron chi connectivity index (χ2n) is 4.60. The first-order valence-corrected chi connectivity index (χ1v) is 6.53. The molecule has 0 aromatic heterocycles. The van der Waals surface area contributed by atoms with Crippen LogP contribution in [0, 0.1) is 6.92 Å². The lowest BCUT2D eigenvalue weighted by Crippen LogP contribution is -2.30. The van der Waals surface area contributed by atoms with E-state index in [1.54, 1.807) is 7.11 Å². The van der Waals surface area contributed by atoms with Crippen molar-refractivity contribution in [2.45, 2.75) is 32.4 Å². The number of aryl methyl sites for hydroxylation is 1. The van der Waals surface area contributed by atoms with Crippen molar-refractivity contribution in [2.75, 3.05) is 27.4 Å². The monoisotopic (exact) mass is 251 g/mol. The molecule has 1 aromatic rings. The second kappa shape index (κ2) is 8.25. The normalized spacial score (nSPS) is 14.4. The zero-order valence-electron chi connectivity index (χ0n) is 11.9. The molecule has 0 aliphatic rings. The van der Waals surface area contributed by atoms with E-state index in [4.69, 9.17) is 9.47 Å². The molecule has 0 aliphatic carbocycles. The molecule has 102 valence electrons. The van der Waals surface area contributed by atoms with E-state index in [0.29, 0.717) is 0 Å². The van der Waals surface area contributed by atoms with Crippen LogP contribution in [0.15, 0.2) is 24.3 Å². The van der Waals surface area contributed by atoms with Crippen LogP contribution in [0.5, 0.6) is 0 Å². The predicted molar refractivity (Wildman–Crippen MR) is 74.9 cm³/mol. The lowest BCUT2D eigenvalue weighted by atomic mass is 10.0. The number of hydrogen-bond donors (Lipinski definition) is 1. The van der Waals surface area contributed by atoms with Crippen LogP contribution in [0.1, 0.15) is 30.5 Å². The molecule has 18 heavy (non-hydrogen) atoms. The number of benzene rings is 1. The summed E-state index contributed by atoms with van der Waals surface area (Å²) in [4.78, 5) is 0. The van der Waals surface area contributed by atoms with E-state index < -0.39 is 0 Å². The highest BCUT2D eigenvalue weighted by atomic mass is 16.5. The average Bonchev–Trinajstić information content (AvgIpc) is 2.38. The zero-order chi connectivity index (χ0) is 13.4. The molecule has 0 amide bonds. The van der Waals surface area contributed by atoms with E-state index in [1.165, 1.54) is 11.1 Å². The Morgan fingerprint density at radius 3 is 2.39 bits per heavy atom. The van der Waals surface area contributed by atoms with Gasteiger partial charge in [-0.15, -0.1) is 0 Å². The summed E-state index contributed by atoms with van der Waals surface area (Å²) in [7, 11) is 3.69. The molecule has 0 saturated heterocycles. The smallest absolute Gasteiger partial charge is 0.0741 e. The Balaban J connectivity index is 2.51. The molecule has 3 heteroatoms. The van der Waals surface area contributed by atoms with Crippen LogP contribution in [0.3, 0.4) is 0 Å². The van der Waals surface area contributed by atoms with Gasteiger partial charge < -0.3 is 14.8 Å². The summed E-state index contributed by atoms with van der Waals surface area (Å²) in [6.07, 6.45) is 1.08. The minimum atomic E-state index is 0.148. The van der Waals surface area contributed by atoms with Crippen LogP contribution in [-0.2, 0) is 9.47 Å². The summed E-state index contributed by atoms with van der Waals surface area (Å²) in [6, 6.07) is 8.82. The van der Waals surface area contributed by atoms with Crippen molar-refractivity contribution in [3.8, 4) is 0 Å². The van der Waals surface area contributed by atoms with E-state index in [-0.39, 0.29) is 12.1 Å². The van der Waals surface area contributed by atoms with Gasteiger partial charge in [0, 0.05) is 20.3 Å². The van der Waals surface area contributed by atoms with Gasteiger partial charge in [-0.1, -0.05) is 29.8 Å². The van der Waals surface area contributed by atoms with Gasteiger partial charge in [-0.05, 0) is 32.9 Å². The van der Waals surface area contributed by atoms with Crippen LogP contribution in [0.4, 0.5) is 0 Å². The van der Waals surface area contributed by atoms with Crippen LogP contribution < -0.4 is 5.32 Å². The highest BCUT2D eigenvalue weighted by Crippen LogP contribution is 2.19. The van der Waals surface area contributed by atoms with Crippen LogP contribution in [0.2, 0.25) is 0 Å². The molecule has 0 bridgehead atoms. The Labute approximate surface area is 110 Å². The Morgan fingerprint density at radius 2 is 1.83 bits per heavy atom. The molecule has 1 N–H and O–H groups in total. The van der Waals surface area contributed by atoms with Gasteiger partial charge in [0.25, 0.3) is 0 Å². The lowest BCUT2D eigenvalue weighted by Gasteiger charge is -2.24. The van der Waals surface area contributed by atoms with Crippen molar-refractivity contribution in [1.29, 1.82) is 0 Å². The number of methoxy groups -OCH3 is 1. The fourth-order valence-electron chi connectivity index (χ4n) is 2.01. The summed E-state index contributed by atoms with van der Waals surface area (Å²) < 4.78 is 10.9. The molecule has 0 fully saturated rings. The summed E-state index contributed by atoms with van der Waals surface area (Å²) in [5.74, 6) is 0. The van der Waals surface area contributed by atoms with Gasteiger partial charge in [0.2, 0.25) is 0 Å². The molecule has 2 atom stereocenters. The number of nitrogens with one attached hydrogen (secondary N) is 1. The topological polar surface area (TPSA) is 30.5 Å². The summed E-state index contributed by atoms with van der Waals surface area (Å²) in [5.41, 5.74) is 2.55. The van der Waals surface area contributed by atoms with E-state index in [0.717, 1.165) is 19.6 Å². The maximum atomic E-state index is 5.84. The minimum Gasteiger partial charge on any atom is -0.385 e. The van der Waals surface area contributed by atoms with Gasteiger partial charge in [-0.25, -0.2) is 0 Å². The third-order valence-corrected chi connectivity index (χ3v) is 3.09. The van der Waals surface area contributed by atoms with E-state index in [1.807, 2.05) is 7.05 Å². The second-order valence-corrected chi connectivity index (χ2v) is 4.60. The Hall–Kier alpha value is -0.900. The zero-order valence-corrected chi connectivity index (χ0v) is 11.9. The number of hydrogen-bond acceptors (Lipinski definition) is 3. The molecule has 0 radical (unpaired) electrons. The van der Waals surface area contributed by atoms with Crippen molar-refractivity contribution in [2.24, 2.45) is 0 Å². The van der Waals surface area contributed by atoms with E-state index in [9.17, 15) is 0 Å². The highest BCUT2D eigenvalue weighted by molar-refractivity contribution is 5.24. The van der Waals surface area contributed by atoms with Crippen LogP contribution in [-0.4, -0.2) is 33.5 Å². The maximum Gasteiger partial charge on any atom is 0.0741 e. The Morgan fingerprint density at radius 1 is 1.17 bits per heavy atom. The molecular formula is C15H25NO2. The quantitative estimate of drug-likeness (QED) is 0.721. The first kappa shape index (κ1) is 15.2. The molecule has 3 nitrogen and oxygen atoms in total. The van der Waals surface area contributed by atoms with Crippen molar-refractivity contribution < 1.29 is 9.47 Å². The molecule has 0 heterocycles. The first-order chi connectivity index (χ1) is 8.69. The molecule has 0 saturated carbocycles. The van der Waals surface area contributed by atoms with Gasteiger partial charge in [-0.2, -0.15) is 0 Å². The molecule has 0 spiro atoms. The SMILES string of the molecule is CNC(c1ccc(C)cc1)C(C)OCCCOC. The number of ether oxygens (including phenoxy) is 2. The fourth-order valence-corrected chi connectivity index (χ4v) is 2.01. The van der Waals surface area contributed by atoms with Gasteiger partial charge in [-0.3, -0.25) is 0 Å². The summed E-state index contributed by atoms with van der Waals surface area (Å²) >= 11 is 0. The van der Waals surface area contributed by atoms with Crippen molar-refractivity contribution in [3.63, 3.8) is 0 Å². The van der Waals surface area contributed by atoms with Crippen molar-refractivity contribution in [3.05, 3.63) is 35.4 Å². The average molecular weight is 251 g/mol. The molecule has 2 unspecified atom stereocenters. The first-order valence-electron chi connectivity index (χ1n) is 6.53. The van der Waals surface area contributed by atoms with Crippen LogP contribution >= 0.6 is 0 Å².